The minimum absolute atomic E-state index is 0.0254. The predicted molar refractivity (Wildman–Crippen MR) is 172 cm³/mol. The van der Waals surface area contributed by atoms with Gasteiger partial charge in [-0.05, 0) is 83.6 Å². The van der Waals surface area contributed by atoms with Crippen molar-refractivity contribution in [2.45, 2.75) is 12.8 Å². The Bertz CT molecular complexity index is 1850. The monoisotopic (exact) mass is 658 g/mol. The lowest BCUT2D eigenvalue weighted by Crippen LogP contribution is -2.16. The van der Waals surface area contributed by atoms with Crippen LogP contribution in [0.15, 0.2) is 48.5 Å². The van der Waals surface area contributed by atoms with E-state index in [1.807, 2.05) is 24.3 Å². The first-order valence-corrected chi connectivity index (χ1v) is 14.9. The van der Waals surface area contributed by atoms with Crippen LogP contribution in [0.4, 0.5) is 0 Å². The Hall–Kier alpha value is -5.78. The number of ketones is 2. The molecule has 250 valence electrons. The van der Waals surface area contributed by atoms with Gasteiger partial charge in [-0.3, -0.25) is 9.59 Å². The minimum Gasteiger partial charge on any atom is -0.493 e. The molecule has 0 aliphatic carbocycles. The maximum atomic E-state index is 14.2. The van der Waals surface area contributed by atoms with E-state index in [1.54, 1.807) is 27.4 Å². The molecular formula is C36H34O12. The molecule has 2 aliphatic rings. The van der Waals surface area contributed by atoms with Gasteiger partial charge in [-0.1, -0.05) is 0 Å². The van der Waals surface area contributed by atoms with Gasteiger partial charge < -0.3 is 47.4 Å². The summed E-state index contributed by atoms with van der Waals surface area (Å²) in [4.78, 5) is 28.0. The van der Waals surface area contributed by atoms with Crippen molar-refractivity contribution in [3.05, 3.63) is 70.8 Å². The molecule has 0 N–H and O–H groups in total. The van der Waals surface area contributed by atoms with Crippen molar-refractivity contribution in [2.24, 2.45) is 0 Å². The molecule has 6 rings (SSSR count). The molecule has 0 saturated heterocycles. The summed E-state index contributed by atoms with van der Waals surface area (Å²) < 4.78 is 55.6. The molecule has 0 fully saturated rings. The van der Waals surface area contributed by atoms with Crippen LogP contribution in [0.1, 0.15) is 31.8 Å². The highest BCUT2D eigenvalue weighted by Crippen LogP contribution is 2.46. The van der Waals surface area contributed by atoms with E-state index in [4.69, 9.17) is 47.4 Å². The van der Waals surface area contributed by atoms with E-state index in [9.17, 15) is 9.59 Å². The predicted octanol–water partition coefficient (Wildman–Crippen LogP) is 5.71. The van der Waals surface area contributed by atoms with Gasteiger partial charge in [0.15, 0.2) is 46.0 Å². The number of hydrogen-bond acceptors (Lipinski definition) is 12. The number of rotatable bonds is 13. The van der Waals surface area contributed by atoms with E-state index in [1.165, 1.54) is 39.5 Å². The number of fused-ring (bicyclic) bond motifs is 2. The third kappa shape index (κ3) is 5.81. The van der Waals surface area contributed by atoms with Crippen LogP contribution in [0.2, 0.25) is 0 Å². The van der Waals surface area contributed by atoms with Gasteiger partial charge in [-0.2, -0.15) is 0 Å². The number of methoxy groups -OCH3 is 6. The van der Waals surface area contributed by atoms with Crippen molar-refractivity contribution in [3.63, 3.8) is 0 Å². The standard InChI is InChI=1S/C36H34O12/c1-39-29-9-19(10-30(40-2)35(29)43-5)7-8-20-11-25-26(46-17-45-25)14-22(20)23-15-27-28(48-18-47-27)16-24(23)34(38)33(37)21-12-31(41-3)36(44-6)32(13-21)42-4/h9-16H,7-8,17-18H2,1-6H3. The summed E-state index contributed by atoms with van der Waals surface area (Å²) in [6.07, 6.45) is 1.06. The Kier molecular flexibility index (Phi) is 9.06. The maximum absolute atomic E-state index is 14.2. The van der Waals surface area contributed by atoms with Crippen molar-refractivity contribution in [1.29, 1.82) is 0 Å². The number of carbonyl (C=O) groups is 2. The van der Waals surface area contributed by atoms with E-state index in [0.29, 0.717) is 70.0 Å². The summed E-state index contributed by atoms with van der Waals surface area (Å²) >= 11 is 0. The zero-order valence-electron chi connectivity index (χ0n) is 27.3. The fraction of sp³-hybridized carbons (Fsp3) is 0.278. The van der Waals surface area contributed by atoms with Crippen LogP contribution < -0.4 is 47.4 Å². The Morgan fingerprint density at radius 3 is 1.48 bits per heavy atom. The van der Waals surface area contributed by atoms with E-state index in [0.717, 1.165) is 11.1 Å². The van der Waals surface area contributed by atoms with Crippen LogP contribution in [0.25, 0.3) is 11.1 Å². The highest BCUT2D eigenvalue weighted by Gasteiger charge is 2.30. The molecule has 12 heteroatoms. The average molecular weight is 659 g/mol. The van der Waals surface area contributed by atoms with Crippen molar-refractivity contribution < 1.29 is 57.0 Å². The molecule has 0 bridgehead atoms. The van der Waals surface area contributed by atoms with Crippen LogP contribution in [-0.2, 0) is 12.8 Å². The van der Waals surface area contributed by atoms with E-state index in [-0.39, 0.29) is 36.2 Å². The fourth-order valence-corrected chi connectivity index (χ4v) is 5.82. The van der Waals surface area contributed by atoms with Gasteiger partial charge in [0.25, 0.3) is 0 Å². The summed E-state index contributed by atoms with van der Waals surface area (Å²) in [6.45, 7) is 0.0278. The van der Waals surface area contributed by atoms with Gasteiger partial charge in [0.2, 0.25) is 36.7 Å². The largest absolute Gasteiger partial charge is 0.493 e. The highest BCUT2D eigenvalue weighted by atomic mass is 16.7. The summed E-state index contributed by atoms with van der Waals surface area (Å²) in [5.74, 6) is 2.65. The van der Waals surface area contributed by atoms with E-state index >= 15 is 0 Å². The smallest absolute Gasteiger partial charge is 0.234 e. The molecule has 0 spiro atoms. The number of Topliss-reactive ketones (excluding diaryl/α,β-unsaturated/α-hetero) is 2. The van der Waals surface area contributed by atoms with Crippen molar-refractivity contribution in [2.75, 3.05) is 56.2 Å². The molecular weight excluding hydrogens is 624 g/mol. The van der Waals surface area contributed by atoms with Crippen molar-refractivity contribution in [3.8, 4) is 68.6 Å². The van der Waals surface area contributed by atoms with Crippen LogP contribution in [-0.4, -0.2) is 67.8 Å². The van der Waals surface area contributed by atoms with E-state index < -0.39 is 11.6 Å². The molecule has 2 heterocycles. The fourth-order valence-electron chi connectivity index (χ4n) is 5.82. The number of carbonyl (C=O) groups excluding carboxylic acids is 2. The minimum atomic E-state index is -0.783. The summed E-state index contributed by atoms with van der Waals surface area (Å²) in [5, 5.41) is 0. The molecule has 0 aromatic heterocycles. The molecule has 12 nitrogen and oxygen atoms in total. The quantitative estimate of drug-likeness (QED) is 0.129. The first-order chi connectivity index (χ1) is 23.3. The lowest BCUT2D eigenvalue weighted by Gasteiger charge is -2.17. The summed E-state index contributed by atoms with van der Waals surface area (Å²) in [7, 11) is 9.00. The summed E-state index contributed by atoms with van der Waals surface area (Å²) in [6, 6.07) is 13.6. The third-order valence-electron chi connectivity index (χ3n) is 8.19. The topological polar surface area (TPSA) is 126 Å². The molecule has 0 atom stereocenters. The number of aryl methyl sites for hydroxylation is 2. The Morgan fingerprint density at radius 1 is 0.521 bits per heavy atom. The third-order valence-corrected chi connectivity index (χ3v) is 8.19. The first kappa shape index (κ1) is 32.2. The first-order valence-electron chi connectivity index (χ1n) is 14.9. The molecule has 2 aliphatic heterocycles. The molecule has 48 heavy (non-hydrogen) atoms. The van der Waals surface area contributed by atoms with Crippen molar-refractivity contribution >= 4 is 11.6 Å². The van der Waals surface area contributed by atoms with Crippen LogP contribution in [0.3, 0.4) is 0 Å². The summed E-state index contributed by atoms with van der Waals surface area (Å²) in [5.41, 5.74) is 3.06. The second-order valence-electron chi connectivity index (χ2n) is 10.7. The van der Waals surface area contributed by atoms with E-state index in [2.05, 4.69) is 0 Å². The zero-order chi connectivity index (χ0) is 33.9. The van der Waals surface area contributed by atoms with Crippen LogP contribution in [0, 0.1) is 0 Å². The zero-order valence-corrected chi connectivity index (χ0v) is 27.3. The van der Waals surface area contributed by atoms with Gasteiger partial charge in [0, 0.05) is 11.1 Å². The molecule has 4 aromatic carbocycles. The Balaban J connectivity index is 1.44. The second-order valence-corrected chi connectivity index (χ2v) is 10.7. The Labute approximate surface area is 276 Å². The van der Waals surface area contributed by atoms with Crippen LogP contribution >= 0.6 is 0 Å². The number of hydrogen-bond donors (Lipinski definition) is 0. The average Bonchev–Trinajstić information content (AvgIpc) is 3.79. The maximum Gasteiger partial charge on any atom is 0.234 e. The lowest BCUT2D eigenvalue weighted by atomic mass is 9.88. The van der Waals surface area contributed by atoms with Gasteiger partial charge in [0.1, 0.15) is 0 Å². The van der Waals surface area contributed by atoms with Gasteiger partial charge in [0.05, 0.1) is 42.7 Å². The van der Waals surface area contributed by atoms with Gasteiger partial charge in [-0.15, -0.1) is 0 Å². The normalized spacial score (nSPS) is 12.4. The van der Waals surface area contributed by atoms with Crippen LogP contribution in [0.5, 0.6) is 57.5 Å². The number of ether oxygens (including phenoxy) is 10. The molecule has 0 radical (unpaired) electrons. The highest BCUT2D eigenvalue weighted by molar-refractivity contribution is 6.50. The second kappa shape index (κ2) is 13.5. The Morgan fingerprint density at radius 2 is 0.979 bits per heavy atom. The van der Waals surface area contributed by atoms with Gasteiger partial charge in [-0.25, -0.2) is 0 Å². The number of benzene rings is 4. The molecule has 4 aromatic rings. The lowest BCUT2D eigenvalue weighted by molar-refractivity contribution is 0.0816. The van der Waals surface area contributed by atoms with Gasteiger partial charge >= 0.3 is 0 Å². The molecule has 0 unspecified atom stereocenters. The van der Waals surface area contributed by atoms with Crippen molar-refractivity contribution in [1.82, 2.24) is 0 Å². The molecule has 0 saturated carbocycles. The SMILES string of the molecule is COc1cc(CCc2cc3c(cc2-c2cc4c(cc2C(=O)C(=O)c2cc(OC)c(OC)c(OC)c2)OCO4)OCO3)cc(OC)c1OC. The molecule has 0 amide bonds.